The third-order valence-electron chi connectivity index (χ3n) is 5.45. The van der Waals surface area contributed by atoms with E-state index < -0.39 is 16.1 Å². The molecule has 2 aliphatic rings. The monoisotopic (exact) mass is 434 g/mol. The van der Waals surface area contributed by atoms with Gasteiger partial charge in [-0.1, -0.05) is 48.4 Å². The quantitative estimate of drug-likeness (QED) is 0.798. The van der Waals surface area contributed by atoms with Gasteiger partial charge < -0.3 is 10.1 Å². The van der Waals surface area contributed by atoms with Gasteiger partial charge in [-0.2, -0.15) is 4.31 Å². The summed E-state index contributed by atoms with van der Waals surface area (Å²) in [6.45, 7) is 0.782. The van der Waals surface area contributed by atoms with E-state index in [0.717, 1.165) is 18.4 Å². The lowest BCUT2D eigenvalue weighted by atomic mass is 9.98. The molecule has 2 aromatic carbocycles. The zero-order chi connectivity index (χ0) is 20.4. The average Bonchev–Trinajstić information content (AvgIpc) is 2.75. The number of sulfonamides is 1. The lowest BCUT2D eigenvalue weighted by Gasteiger charge is -2.35. The van der Waals surface area contributed by atoms with Crippen LogP contribution >= 0.6 is 11.6 Å². The molecule has 0 aromatic heterocycles. The highest BCUT2D eigenvalue weighted by Crippen LogP contribution is 2.37. The molecule has 2 aromatic rings. The van der Waals surface area contributed by atoms with Crippen molar-refractivity contribution in [1.29, 1.82) is 0 Å². The highest BCUT2D eigenvalue weighted by atomic mass is 35.5. The Hall–Kier alpha value is -2.09. The van der Waals surface area contributed by atoms with Gasteiger partial charge in [-0.3, -0.25) is 4.79 Å². The minimum atomic E-state index is -3.74. The summed E-state index contributed by atoms with van der Waals surface area (Å²) >= 11 is 6.22. The number of hydrogen-bond donors (Lipinski definition) is 1. The molecule has 1 amide bonds. The van der Waals surface area contributed by atoms with Gasteiger partial charge in [0.15, 0.2) is 0 Å². The standard InChI is InChI=1S/C21H23ClN2O4S/c22-17-10-6-9-16-18(12-14-28-20(16)17)23-21(25)19-11-4-5-13-24(19)29(26,27)15-7-2-1-3-8-15/h1-3,6-10,18-19H,4-5,11-14H2,(H,23,25). The van der Waals surface area contributed by atoms with Crippen LogP contribution in [0.25, 0.3) is 0 Å². The second-order valence-corrected chi connectivity index (χ2v) is 9.59. The van der Waals surface area contributed by atoms with Gasteiger partial charge in [-0.25, -0.2) is 8.42 Å². The number of benzene rings is 2. The van der Waals surface area contributed by atoms with E-state index in [9.17, 15) is 13.2 Å². The third kappa shape index (κ3) is 3.99. The zero-order valence-electron chi connectivity index (χ0n) is 15.9. The minimum absolute atomic E-state index is 0.211. The highest BCUT2D eigenvalue weighted by Gasteiger charge is 2.38. The third-order valence-corrected chi connectivity index (χ3v) is 7.67. The van der Waals surface area contributed by atoms with Crippen LogP contribution in [0.1, 0.15) is 37.3 Å². The molecule has 0 radical (unpaired) electrons. The largest absolute Gasteiger partial charge is 0.492 e. The van der Waals surface area contributed by atoms with Gasteiger partial charge in [0.2, 0.25) is 15.9 Å². The molecule has 2 aliphatic heterocycles. The first kappa shape index (κ1) is 20.2. The summed E-state index contributed by atoms with van der Waals surface area (Å²) in [5.74, 6) is 0.310. The predicted octanol–water partition coefficient (Wildman–Crippen LogP) is 3.52. The van der Waals surface area contributed by atoms with Crippen LogP contribution in [-0.4, -0.2) is 37.8 Å². The smallest absolute Gasteiger partial charge is 0.243 e. The number of carbonyl (C=O) groups excluding carboxylic acids is 1. The average molecular weight is 435 g/mol. The van der Waals surface area contributed by atoms with Crippen molar-refractivity contribution in [1.82, 2.24) is 9.62 Å². The molecule has 0 spiro atoms. The molecule has 6 nitrogen and oxygen atoms in total. The van der Waals surface area contributed by atoms with E-state index in [4.69, 9.17) is 16.3 Å². The number of para-hydroxylation sites is 1. The predicted molar refractivity (Wildman–Crippen MR) is 110 cm³/mol. The number of halogens is 1. The molecule has 0 bridgehead atoms. The normalized spacial score (nSPS) is 22.4. The van der Waals surface area contributed by atoms with Crippen molar-refractivity contribution in [3.8, 4) is 5.75 Å². The first-order valence-corrected chi connectivity index (χ1v) is 11.6. The van der Waals surface area contributed by atoms with Crippen molar-refractivity contribution >= 4 is 27.5 Å². The summed E-state index contributed by atoms with van der Waals surface area (Å²) in [6, 6.07) is 12.8. The zero-order valence-corrected chi connectivity index (χ0v) is 17.5. The molecular weight excluding hydrogens is 412 g/mol. The van der Waals surface area contributed by atoms with Gasteiger partial charge >= 0.3 is 0 Å². The van der Waals surface area contributed by atoms with Crippen LogP contribution in [0.3, 0.4) is 0 Å². The van der Waals surface area contributed by atoms with Crippen LogP contribution < -0.4 is 10.1 Å². The van der Waals surface area contributed by atoms with E-state index in [-0.39, 0.29) is 16.8 Å². The fourth-order valence-electron chi connectivity index (χ4n) is 3.99. The van der Waals surface area contributed by atoms with Crippen LogP contribution in [0, 0.1) is 0 Å². The maximum absolute atomic E-state index is 13.2. The van der Waals surface area contributed by atoms with Crippen LogP contribution in [0.15, 0.2) is 53.4 Å². The van der Waals surface area contributed by atoms with Gasteiger partial charge in [-0.05, 0) is 31.0 Å². The van der Waals surface area contributed by atoms with Crippen molar-refractivity contribution in [3.05, 3.63) is 59.1 Å². The van der Waals surface area contributed by atoms with Gasteiger partial charge in [0, 0.05) is 18.5 Å². The fourth-order valence-corrected chi connectivity index (χ4v) is 5.90. The van der Waals surface area contributed by atoms with Gasteiger partial charge in [-0.15, -0.1) is 0 Å². The van der Waals surface area contributed by atoms with Crippen molar-refractivity contribution in [2.45, 2.75) is 42.7 Å². The van der Waals surface area contributed by atoms with E-state index in [1.165, 1.54) is 4.31 Å². The van der Waals surface area contributed by atoms with Crippen molar-refractivity contribution in [2.75, 3.05) is 13.2 Å². The van der Waals surface area contributed by atoms with Crippen LogP contribution in [-0.2, 0) is 14.8 Å². The Morgan fingerprint density at radius 2 is 1.86 bits per heavy atom. The van der Waals surface area contributed by atoms with Crippen molar-refractivity contribution in [2.24, 2.45) is 0 Å². The Labute approximate surface area is 175 Å². The molecule has 1 fully saturated rings. The molecule has 1 N–H and O–H groups in total. The van der Waals surface area contributed by atoms with Gasteiger partial charge in [0.1, 0.15) is 11.8 Å². The number of hydrogen-bond acceptors (Lipinski definition) is 4. The lowest BCUT2D eigenvalue weighted by molar-refractivity contribution is -0.126. The Balaban J connectivity index is 1.57. The molecular formula is C21H23ClN2O4S. The molecule has 29 heavy (non-hydrogen) atoms. The lowest BCUT2D eigenvalue weighted by Crippen LogP contribution is -2.52. The van der Waals surface area contributed by atoms with Crippen LogP contribution in [0.2, 0.25) is 5.02 Å². The van der Waals surface area contributed by atoms with E-state index in [0.29, 0.717) is 36.8 Å². The first-order chi connectivity index (χ1) is 14.0. The van der Waals surface area contributed by atoms with Crippen LogP contribution in [0.4, 0.5) is 0 Å². The molecule has 4 rings (SSSR count). The summed E-state index contributed by atoms with van der Waals surface area (Å²) in [4.78, 5) is 13.4. The fraction of sp³-hybridized carbons (Fsp3) is 0.381. The number of ether oxygens (including phenoxy) is 1. The highest BCUT2D eigenvalue weighted by molar-refractivity contribution is 7.89. The minimum Gasteiger partial charge on any atom is -0.492 e. The molecule has 2 heterocycles. The Morgan fingerprint density at radius 3 is 2.66 bits per heavy atom. The number of nitrogens with zero attached hydrogens (tertiary/aromatic N) is 1. The van der Waals surface area contributed by atoms with E-state index in [1.807, 2.05) is 12.1 Å². The first-order valence-electron chi connectivity index (χ1n) is 9.77. The molecule has 1 saturated heterocycles. The molecule has 8 heteroatoms. The summed E-state index contributed by atoms with van der Waals surface area (Å²) < 4.78 is 33.3. The van der Waals surface area contributed by atoms with E-state index in [1.54, 1.807) is 36.4 Å². The van der Waals surface area contributed by atoms with E-state index in [2.05, 4.69) is 5.32 Å². The Morgan fingerprint density at radius 1 is 1.07 bits per heavy atom. The number of carbonyl (C=O) groups is 1. The van der Waals surface area contributed by atoms with Crippen molar-refractivity contribution in [3.63, 3.8) is 0 Å². The van der Waals surface area contributed by atoms with Crippen molar-refractivity contribution < 1.29 is 17.9 Å². The number of piperidine rings is 1. The molecule has 2 unspecified atom stereocenters. The number of rotatable bonds is 4. The number of nitrogens with one attached hydrogen (secondary N) is 1. The number of amides is 1. The topological polar surface area (TPSA) is 75.7 Å². The van der Waals surface area contributed by atoms with Gasteiger partial charge in [0.05, 0.1) is 22.6 Å². The molecule has 154 valence electrons. The van der Waals surface area contributed by atoms with E-state index >= 15 is 0 Å². The molecule has 2 atom stereocenters. The molecule has 0 aliphatic carbocycles. The summed E-state index contributed by atoms with van der Waals surface area (Å²) in [5.41, 5.74) is 0.824. The van der Waals surface area contributed by atoms with Gasteiger partial charge in [0.25, 0.3) is 0 Å². The van der Waals surface area contributed by atoms with Crippen LogP contribution in [0.5, 0.6) is 5.75 Å². The Kier molecular flexibility index (Phi) is 5.81. The SMILES string of the molecule is O=C(NC1CCOc2c(Cl)cccc21)C1CCCCN1S(=O)(=O)c1ccccc1. The number of fused-ring (bicyclic) bond motifs is 1. The maximum Gasteiger partial charge on any atom is 0.243 e. The Bertz CT molecular complexity index is 997. The second kappa shape index (κ2) is 8.34. The summed E-state index contributed by atoms with van der Waals surface area (Å²) in [6.07, 6.45) is 2.67. The maximum atomic E-state index is 13.2. The summed E-state index contributed by atoms with van der Waals surface area (Å²) in [5, 5.41) is 3.55. The second-order valence-electron chi connectivity index (χ2n) is 7.30. The molecule has 0 saturated carbocycles. The summed E-state index contributed by atoms with van der Waals surface area (Å²) in [7, 11) is -3.74.